The third-order valence-corrected chi connectivity index (χ3v) is 2.40. The average molecular weight is 267 g/mol. The third-order valence-electron chi connectivity index (χ3n) is 1.96. The van der Waals surface area contributed by atoms with E-state index in [9.17, 15) is 9.59 Å². The van der Waals surface area contributed by atoms with Crippen molar-refractivity contribution in [3.8, 4) is 0 Å². The molecule has 1 aliphatic rings. The van der Waals surface area contributed by atoms with Gasteiger partial charge in [-0.3, -0.25) is 19.9 Å². The highest BCUT2D eigenvalue weighted by Gasteiger charge is 2.23. The lowest BCUT2D eigenvalue weighted by Crippen LogP contribution is -2.19. The second kappa shape index (κ2) is 3.94. The van der Waals surface area contributed by atoms with Crippen molar-refractivity contribution < 1.29 is 9.59 Å². The molecule has 1 aromatic heterocycles. The maximum Gasteiger partial charge on any atom is 0.254 e. The first-order valence-electron chi connectivity index (χ1n) is 4.30. The molecular weight excluding hydrogens is 260 g/mol. The second-order valence-electron chi connectivity index (χ2n) is 3.16. The fourth-order valence-electron chi connectivity index (χ4n) is 1.33. The third kappa shape index (κ3) is 2.30. The molecule has 1 N–H and O–H groups in total. The molecule has 0 aromatic carbocycles. The average Bonchev–Trinajstić information content (AvgIpc) is 2.45. The summed E-state index contributed by atoms with van der Waals surface area (Å²) in [6.45, 7) is 0. The monoisotopic (exact) mass is 266 g/mol. The van der Waals surface area contributed by atoms with E-state index in [2.05, 4.69) is 26.2 Å². The SMILES string of the molecule is O=C1C/C(=C/c2cncc(Br)c2)C(=O)N1. The Morgan fingerprint density at radius 3 is 2.80 bits per heavy atom. The molecule has 4 nitrogen and oxygen atoms in total. The van der Waals surface area contributed by atoms with Gasteiger partial charge in [-0.1, -0.05) is 0 Å². The van der Waals surface area contributed by atoms with Gasteiger partial charge in [0.15, 0.2) is 0 Å². The van der Waals surface area contributed by atoms with Gasteiger partial charge in [0.05, 0.1) is 6.42 Å². The Balaban J connectivity index is 2.31. The van der Waals surface area contributed by atoms with E-state index in [0.29, 0.717) is 5.57 Å². The van der Waals surface area contributed by atoms with Crippen LogP contribution in [-0.2, 0) is 9.59 Å². The zero-order valence-electron chi connectivity index (χ0n) is 7.66. The number of nitrogens with zero attached hydrogens (tertiary/aromatic N) is 1. The Hall–Kier alpha value is -1.49. The second-order valence-corrected chi connectivity index (χ2v) is 4.08. The Morgan fingerprint density at radius 1 is 1.40 bits per heavy atom. The van der Waals surface area contributed by atoms with E-state index in [1.807, 2.05) is 6.07 Å². The Bertz CT molecular complexity index is 468. The lowest BCUT2D eigenvalue weighted by molar-refractivity contribution is -0.124. The van der Waals surface area contributed by atoms with Gasteiger partial charge in [0.2, 0.25) is 5.91 Å². The lowest BCUT2D eigenvalue weighted by atomic mass is 10.1. The van der Waals surface area contributed by atoms with E-state index in [-0.39, 0.29) is 18.2 Å². The number of rotatable bonds is 1. The van der Waals surface area contributed by atoms with E-state index in [4.69, 9.17) is 0 Å². The van der Waals surface area contributed by atoms with E-state index in [1.54, 1.807) is 18.5 Å². The van der Waals surface area contributed by atoms with Gasteiger partial charge in [0.25, 0.3) is 5.91 Å². The Labute approximate surface area is 94.5 Å². The predicted molar refractivity (Wildman–Crippen MR) is 57.7 cm³/mol. The van der Waals surface area contributed by atoms with Crippen LogP contribution in [0.25, 0.3) is 6.08 Å². The van der Waals surface area contributed by atoms with Crippen LogP contribution in [-0.4, -0.2) is 16.8 Å². The largest absolute Gasteiger partial charge is 0.292 e. The van der Waals surface area contributed by atoms with Gasteiger partial charge in [-0.2, -0.15) is 0 Å². The van der Waals surface area contributed by atoms with Crippen molar-refractivity contribution in [2.24, 2.45) is 0 Å². The van der Waals surface area contributed by atoms with E-state index >= 15 is 0 Å². The zero-order valence-corrected chi connectivity index (χ0v) is 9.24. The van der Waals surface area contributed by atoms with Crippen molar-refractivity contribution in [3.05, 3.63) is 34.1 Å². The number of hydrogen-bond donors (Lipinski definition) is 1. The summed E-state index contributed by atoms with van der Waals surface area (Å²) in [5.41, 5.74) is 1.27. The first-order valence-corrected chi connectivity index (χ1v) is 5.10. The van der Waals surface area contributed by atoms with Crippen molar-refractivity contribution >= 4 is 33.8 Å². The highest BCUT2D eigenvalue weighted by atomic mass is 79.9. The van der Waals surface area contributed by atoms with Crippen LogP contribution >= 0.6 is 15.9 Å². The van der Waals surface area contributed by atoms with Gasteiger partial charge >= 0.3 is 0 Å². The van der Waals surface area contributed by atoms with Crippen LogP contribution in [0.3, 0.4) is 0 Å². The first-order chi connectivity index (χ1) is 7.15. The van der Waals surface area contributed by atoms with Crippen LogP contribution in [0.15, 0.2) is 28.5 Å². The smallest absolute Gasteiger partial charge is 0.254 e. The summed E-state index contributed by atoms with van der Waals surface area (Å²) in [4.78, 5) is 26.1. The van der Waals surface area contributed by atoms with Gasteiger partial charge in [-0.05, 0) is 33.6 Å². The first kappa shape index (κ1) is 10.0. The summed E-state index contributed by atoms with van der Waals surface area (Å²) in [5, 5.41) is 2.22. The van der Waals surface area contributed by atoms with Gasteiger partial charge in [-0.15, -0.1) is 0 Å². The lowest BCUT2D eigenvalue weighted by Gasteiger charge is -1.95. The number of halogens is 1. The molecule has 0 atom stereocenters. The minimum Gasteiger partial charge on any atom is -0.292 e. The molecule has 0 aliphatic carbocycles. The van der Waals surface area contributed by atoms with Crippen LogP contribution in [0, 0.1) is 0 Å². The highest BCUT2D eigenvalue weighted by molar-refractivity contribution is 9.10. The minimum atomic E-state index is -0.319. The Kier molecular flexibility index (Phi) is 2.64. The molecule has 1 fully saturated rings. The topological polar surface area (TPSA) is 59.1 Å². The number of pyridine rings is 1. The fraction of sp³-hybridized carbons (Fsp3) is 0.100. The number of hydrogen-bond acceptors (Lipinski definition) is 3. The van der Waals surface area contributed by atoms with Crippen LogP contribution in [0.2, 0.25) is 0 Å². The molecule has 76 valence electrons. The molecule has 15 heavy (non-hydrogen) atoms. The maximum atomic E-state index is 11.2. The molecule has 0 bridgehead atoms. The summed E-state index contributed by atoms with van der Waals surface area (Å²) < 4.78 is 0.835. The molecule has 2 amide bonds. The van der Waals surface area contributed by atoms with Gasteiger partial charge in [0.1, 0.15) is 0 Å². The molecule has 0 spiro atoms. The Morgan fingerprint density at radius 2 is 2.20 bits per heavy atom. The van der Waals surface area contributed by atoms with Crippen molar-refractivity contribution in [1.82, 2.24) is 10.3 Å². The number of aromatic nitrogens is 1. The molecule has 1 aromatic rings. The summed E-state index contributed by atoms with van der Waals surface area (Å²) in [5.74, 6) is -0.575. The van der Waals surface area contributed by atoms with Crippen molar-refractivity contribution in [2.45, 2.75) is 6.42 Å². The molecule has 2 heterocycles. The van der Waals surface area contributed by atoms with Crippen molar-refractivity contribution in [1.29, 1.82) is 0 Å². The van der Waals surface area contributed by atoms with E-state index in [0.717, 1.165) is 10.0 Å². The minimum absolute atomic E-state index is 0.144. The van der Waals surface area contributed by atoms with E-state index < -0.39 is 0 Å². The fourth-order valence-corrected chi connectivity index (χ4v) is 1.71. The number of nitrogens with one attached hydrogen (secondary N) is 1. The van der Waals surface area contributed by atoms with Gasteiger partial charge in [0, 0.05) is 22.4 Å². The molecular formula is C10H7BrN2O2. The van der Waals surface area contributed by atoms with Gasteiger partial charge in [-0.25, -0.2) is 0 Å². The molecule has 0 radical (unpaired) electrons. The molecule has 1 saturated heterocycles. The maximum absolute atomic E-state index is 11.2. The van der Waals surface area contributed by atoms with Crippen molar-refractivity contribution in [2.75, 3.05) is 0 Å². The van der Waals surface area contributed by atoms with Crippen LogP contribution in [0.4, 0.5) is 0 Å². The predicted octanol–water partition coefficient (Wildman–Crippen LogP) is 1.27. The van der Waals surface area contributed by atoms with Crippen LogP contribution in [0.5, 0.6) is 0 Å². The number of imide groups is 1. The van der Waals surface area contributed by atoms with Crippen LogP contribution < -0.4 is 5.32 Å². The molecule has 2 rings (SSSR count). The van der Waals surface area contributed by atoms with Crippen molar-refractivity contribution in [3.63, 3.8) is 0 Å². The molecule has 0 unspecified atom stereocenters. The zero-order chi connectivity index (χ0) is 10.8. The molecule has 0 saturated carbocycles. The quantitative estimate of drug-likeness (QED) is 0.615. The highest BCUT2D eigenvalue weighted by Crippen LogP contribution is 2.16. The summed E-state index contributed by atoms with van der Waals surface area (Å²) in [7, 11) is 0. The summed E-state index contributed by atoms with van der Waals surface area (Å²) >= 11 is 3.28. The van der Waals surface area contributed by atoms with Crippen LogP contribution in [0.1, 0.15) is 12.0 Å². The van der Waals surface area contributed by atoms with E-state index in [1.165, 1.54) is 0 Å². The number of carbonyl (C=O) groups is 2. The number of carbonyl (C=O) groups excluding carboxylic acids is 2. The normalized spacial score (nSPS) is 18.3. The molecule has 1 aliphatic heterocycles. The standard InChI is InChI=1S/C10H7BrN2O2/c11-8-2-6(4-12-5-8)1-7-3-9(14)13-10(7)15/h1-2,4-5H,3H2,(H,13,14,15)/b7-1-. The molecule has 5 heteroatoms. The number of amides is 2. The summed E-state index contributed by atoms with van der Waals surface area (Å²) in [6.07, 6.45) is 5.10. The summed E-state index contributed by atoms with van der Waals surface area (Å²) in [6, 6.07) is 1.83. The van der Waals surface area contributed by atoms with Gasteiger partial charge < -0.3 is 0 Å².